The van der Waals surface area contributed by atoms with E-state index in [1.54, 1.807) is 11.6 Å². The molecule has 0 amide bonds. The first-order valence-corrected chi connectivity index (χ1v) is 9.57. The second-order valence-electron chi connectivity index (χ2n) is 4.50. The van der Waals surface area contributed by atoms with Gasteiger partial charge in [0.1, 0.15) is 9.90 Å². The van der Waals surface area contributed by atoms with Crippen LogP contribution in [0.25, 0.3) is 10.7 Å². The van der Waals surface area contributed by atoms with Crippen molar-refractivity contribution in [2.24, 2.45) is 0 Å². The van der Waals surface area contributed by atoms with Crippen molar-refractivity contribution in [2.75, 3.05) is 11.8 Å². The summed E-state index contributed by atoms with van der Waals surface area (Å²) in [5.41, 5.74) is 0.562. The van der Waals surface area contributed by atoms with E-state index in [0.717, 1.165) is 0 Å². The minimum atomic E-state index is -3.97. The Bertz CT molecular complexity index is 973. The number of nitrogens with zero attached hydrogens (tertiary/aromatic N) is 2. The molecule has 3 heterocycles. The number of pyridine rings is 1. The number of methoxy groups -OCH3 is 1. The Morgan fingerprint density at radius 2 is 2.21 bits per heavy atom. The molecule has 0 aliphatic carbocycles. The number of ether oxygens (including phenoxy) is 1. The van der Waals surface area contributed by atoms with E-state index in [4.69, 9.17) is 4.74 Å². The van der Waals surface area contributed by atoms with Crippen LogP contribution >= 0.6 is 27.3 Å². The molecule has 0 radical (unpaired) electrons. The summed E-state index contributed by atoms with van der Waals surface area (Å²) < 4.78 is 45.9. The normalized spacial score (nSPS) is 11.5. The fourth-order valence-electron chi connectivity index (χ4n) is 1.87. The van der Waals surface area contributed by atoms with E-state index >= 15 is 0 Å². The fraction of sp³-hybridized carbons (Fsp3) is 0.0769. The Morgan fingerprint density at radius 3 is 2.88 bits per heavy atom. The minimum absolute atomic E-state index is 0.0279. The van der Waals surface area contributed by atoms with Crippen molar-refractivity contribution in [3.63, 3.8) is 0 Å². The summed E-state index contributed by atoms with van der Waals surface area (Å²) in [4.78, 5) is 10.5. The number of anilines is 1. The highest BCUT2D eigenvalue weighted by Gasteiger charge is 2.21. The van der Waals surface area contributed by atoms with Crippen LogP contribution < -0.4 is 9.46 Å². The van der Waals surface area contributed by atoms with Crippen molar-refractivity contribution in [2.45, 2.75) is 4.90 Å². The molecular weight excluding hydrogens is 423 g/mol. The Labute approximate surface area is 149 Å². The van der Waals surface area contributed by atoms with E-state index in [1.807, 2.05) is 0 Å². The van der Waals surface area contributed by atoms with Gasteiger partial charge < -0.3 is 9.72 Å². The van der Waals surface area contributed by atoms with Crippen LogP contribution in [0.2, 0.25) is 0 Å². The summed E-state index contributed by atoms with van der Waals surface area (Å²) >= 11 is 4.33. The molecule has 0 atom stereocenters. The zero-order valence-corrected chi connectivity index (χ0v) is 15.3. The molecule has 0 aromatic carbocycles. The monoisotopic (exact) mass is 432 g/mol. The number of rotatable bonds is 5. The Balaban J connectivity index is 1.94. The van der Waals surface area contributed by atoms with Crippen molar-refractivity contribution in [1.29, 1.82) is 0 Å². The summed E-state index contributed by atoms with van der Waals surface area (Å²) in [5.74, 6) is -1.01. The molecule has 0 saturated carbocycles. The van der Waals surface area contributed by atoms with Gasteiger partial charge in [-0.05, 0) is 22.0 Å². The van der Waals surface area contributed by atoms with Gasteiger partial charge in [-0.1, -0.05) is 0 Å². The van der Waals surface area contributed by atoms with Crippen LogP contribution in [0.5, 0.6) is 5.75 Å². The zero-order chi connectivity index (χ0) is 17.3. The zero-order valence-electron chi connectivity index (χ0n) is 12.1. The molecule has 3 rings (SSSR count). The number of aromatic amines is 1. The van der Waals surface area contributed by atoms with Gasteiger partial charge in [0.15, 0.2) is 11.6 Å². The Hall–Kier alpha value is -1.98. The molecule has 0 fully saturated rings. The second-order valence-corrected chi connectivity index (χ2v) is 7.93. The molecule has 0 aliphatic heterocycles. The molecule has 0 saturated heterocycles. The highest BCUT2D eigenvalue weighted by molar-refractivity contribution is 9.10. The molecule has 3 aromatic rings. The summed E-state index contributed by atoms with van der Waals surface area (Å²) in [6.07, 6.45) is 2.94. The van der Waals surface area contributed by atoms with Gasteiger partial charge in [-0.25, -0.2) is 13.4 Å². The molecule has 11 heteroatoms. The van der Waals surface area contributed by atoms with Crippen molar-refractivity contribution in [3.05, 3.63) is 40.3 Å². The van der Waals surface area contributed by atoms with Crippen molar-refractivity contribution in [3.8, 4) is 16.5 Å². The average Bonchev–Trinajstić information content (AvgIpc) is 3.20. The number of nitrogens with one attached hydrogen (secondary N) is 2. The lowest BCUT2D eigenvalue weighted by molar-refractivity contribution is 0.412. The standard InChI is InChI=1S/C13H10BrFN4O3S2/c1-22-10-5-8(14)11(15)18-12(10)19-24(20,21)7-4-9(17-6-7)13-16-2-3-23-13/h2-6,17H,1H3,(H,18,19). The number of thiazole rings is 1. The maximum atomic E-state index is 13.6. The number of hydrogen-bond donors (Lipinski definition) is 2. The van der Waals surface area contributed by atoms with Crippen LogP contribution in [-0.4, -0.2) is 30.5 Å². The Kier molecular flexibility index (Phi) is 4.56. The van der Waals surface area contributed by atoms with E-state index in [1.165, 1.54) is 36.8 Å². The van der Waals surface area contributed by atoms with Crippen LogP contribution in [0.4, 0.5) is 10.2 Å². The van der Waals surface area contributed by atoms with E-state index in [0.29, 0.717) is 10.7 Å². The van der Waals surface area contributed by atoms with Crippen LogP contribution in [0.3, 0.4) is 0 Å². The first-order valence-electron chi connectivity index (χ1n) is 6.42. The van der Waals surface area contributed by atoms with Gasteiger partial charge in [0, 0.05) is 23.8 Å². The third-order valence-corrected chi connectivity index (χ3v) is 5.66. The highest BCUT2D eigenvalue weighted by atomic mass is 79.9. The number of H-pyrrole nitrogens is 1. The molecule has 24 heavy (non-hydrogen) atoms. The molecule has 7 nitrogen and oxygen atoms in total. The van der Waals surface area contributed by atoms with Gasteiger partial charge in [0.2, 0.25) is 5.95 Å². The highest BCUT2D eigenvalue weighted by Crippen LogP contribution is 2.30. The van der Waals surface area contributed by atoms with Crippen molar-refractivity contribution < 1.29 is 17.5 Å². The molecular formula is C13H10BrFN4O3S2. The number of halogens is 2. The number of sulfonamides is 1. The largest absolute Gasteiger partial charge is 0.493 e. The fourth-order valence-corrected chi connectivity index (χ4v) is 3.79. The van der Waals surface area contributed by atoms with Crippen LogP contribution in [-0.2, 0) is 10.0 Å². The third kappa shape index (κ3) is 3.28. The van der Waals surface area contributed by atoms with Crippen LogP contribution in [0.1, 0.15) is 0 Å². The minimum Gasteiger partial charge on any atom is -0.493 e. The number of hydrogen-bond acceptors (Lipinski definition) is 6. The predicted octanol–water partition coefficient (Wildman–Crippen LogP) is 3.24. The maximum absolute atomic E-state index is 13.6. The van der Waals surface area contributed by atoms with Crippen molar-refractivity contribution >= 4 is 43.1 Å². The molecule has 0 spiro atoms. The van der Waals surface area contributed by atoms with Gasteiger partial charge in [0.05, 0.1) is 17.3 Å². The molecule has 0 aliphatic rings. The summed E-state index contributed by atoms with van der Waals surface area (Å²) in [5, 5.41) is 2.43. The SMILES string of the molecule is COc1cc(Br)c(F)nc1NS(=O)(=O)c1c[nH]c(-c2nccs2)c1. The molecule has 0 unspecified atom stereocenters. The lowest BCUT2D eigenvalue weighted by atomic mass is 10.4. The van der Waals surface area contributed by atoms with Gasteiger partial charge in [-0.3, -0.25) is 4.72 Å². The molecule has 3 aromatic heterocycles. The van der Waals surface area contributed by atoms with E-state index in [-0.39, 0.29) is 20.9 Å². The smallest absolute Gasteiger partial charge is 0.264 e. The van der Waals surface area contributed by atoms with Crippen molar-refractivity contribution in [1.82, 2.24) is 15.0 Å². The van der Waals surface area contributed by atoms with E-state index < -0.39 is 16.0 Å². The topological polar surface area (TPSA) is 97.0 Å². The average molecular weight is 433 g/mol. The van der Waals surface area contributed by atoms with Crippen LogP contribution in [0, 0.1) is 5.95 Å². The molecule has 2 N–H and O–H groups in total. The molecule has 126 valence electrons. The van der Waals surface area contributed by atoms with Gasteiger partial charge >= 0.3 is 0 Å². The van der Waals surface area contributed by atoms with Gasteiger partial charge in [0.25, 0.3) is 10.0 Å². The van der Waals surface area contributed by atoms with E-state index in [9.17, 15) is 12.8 Å². The first-order chi connectivity index (χ1) is 11.4. The first kappa shape index (κ1) is 16.9. The quantitative estimate of drug-likeness (QED) is 0.603. The van der Waals surface area contributed by atoms with Gasteiger partial charge in [-0.2, -0.15) is 9.37 Å². The summed E-state index contributed by atoms with van der Waals surface area (Å²) in [6, 6.07) is 2.72. The molecule has 0 bridgehead atoms. The van der Waals surface area contributed by atoms with E-state index in [2.05, 4.69) is 35.6 Å². The Morgan fingerprint density at radius 1 is 1.42 bits per heavy atom. The maximum Gasteiger partial charge on any atom is 0.264 e. The summed E-state index contributed by atoms with van der Waals surface area (Å²) in [6.45, 7) is 0. The predicted molar refractivity (Wildman–Crippen MR) is 91.2 cm³/mol. The lowest BCUT2D eigenvalue weighted by Gasteiger charge is -2.10. The van der Waals surface area contributed by atoms with Crippen LogP contribution in [0.15, 0.2) is 39.3 Å². The second kappa shape index (κ2) is 6.49. The summed E-state index contributed by atoms with van der Waals surface area (Å²) in [7, 11) is -2.65. The number of aromatic nitrogens is 3. The lowest BCUT2D eigenvalue weighted by Crippen LogP contribution is -2.14. The van der Waals surface area contributed by atoms with Gasteiger partial charge in [-0.15, -0.1) is 11.3 Å². The third-order valence-electron chi connectivity index (χ3n) is 2.98.